The van der Waals surface area contributed by atoms with Crippen molar-refractivity contribution in [1.82, 2.24) is 10.3 Å². The Balaban J connectivity index is 3.14. The first kappa shape index (κ1) is 14.3. The SMILES string of the molecule is CC[C@@H](C)NC(=O)c1c(Cl)nc(C)c(Cl)c1C. The number of carbonyl (C=O) groups is 1. The van der Waals surface area contributed by atoms with Gasteiger partial charge in [-0.3, -0.25) is 4.79 Å². The van der Waals surface area contributed by atoms with Crippen LogP contribution in [0.5, 0.6) is 0 Å². The molecule has 5 heteroatoms. The van der Waals surface area contributed by atoms with Crippen LogP contribution in [0.3, 0.4) is 0 Å². The van der Waals surface area contributed by atoms with E-state index < -0.39 is 0 Å². The fourth-order valence-corrected chi connectivity index (χ4v) is 1.94. The summed E-state index contributed by atoms with van der Waals surface area (Å²) >= 11 is 12.1. The van der Waals surface area contributed by atoms with E-state index in [0.29, 0.717) is 21.8 Å². The van der Waals surface area contributed by atoms with E-state index in [0.717, 1.165) is 6.42 Å². The Kier molecular flexibility index (Phi) is 4.78. The lowest BCUT2D eigenvalue weighted by Gasteiger charge is -2.15. The van der Waals surface area contributed by atoms with Crippen molar-refractivity contribution in [3.63, 3.8) is 0 Å². The molecule has 1 aromatic rings. The molecule has 0 spiro atoms. The first-order valence-electron chi connectivity index (χ1n) is 5.51. The monoisotopic (exact) mass is 274 g/mol. The Labute approximate surface area is 112 Å². The van der Waals surface area contributed by atoms with E-state index >= 15 is 0 Å². The highest BCUT2D eigenvalue weighted by Gasteiger charge is 2.19. The number of hydrogen-bond acceptors (Lipinski definition) is 2. The van der Waals surface area contributed by atoms with E-state index in [-0.39, 0.29) is 17.1 Å². The highest BCUT2D eigenvalue weighted by Crippen LogP contribution is 2.27. The van der Waals surface area contributed by atoms with Crippen molar-refractivity contribution in [3.05, 3.63) is 27.0 Å². The summed E-state index contributed by atoms with van der Waals surface area (Å²) < 4.78 is 0. The van der Waals surface area contributed by atoms with Crippen molar-refractivity contribution in [3.8, 4) is 0 Å². The van der Waals surface area contributed by atoms with Gasteiger partial charge in [0.05, 0.1) is 16.3 Å². The van der Waals surface area contributed by atoms with Crippen LogP contribution in [0, 0.1) is 13.8 Å². The van der Waals surface area contributed by atoms with Crippen LogP contribution in [0.2, 0.25) is 10.2 Å². The van der Waals surface area contributed by atoms with Crippen molar-refractivity contribution in [1.29, 1.82) is 0 Å². The van der Waals surface area contributed by atoms with Gasteiger partial charge in [-0.15, -0.1) is 0 Å². The van der Waals surface area contributed by atoms with E-state index in [4.69, 9.17) is 23.2 Å². The lowest BCUT2D eigenvalue weighted by molar-refractivity contribution is 0.0938. The Morgan fingerprint density at radius 1 is 1.41 bits per heavy atom. The summed E-state index contributed by atoms with van der Waals surface area (Å²) in [6.45, 7) is 7.47. The number of aromatic nitrogens is 1. The zero-order valence-corrected chi connectivity index (χ0v) is 11.9. The summed E-state index contributed by atoms with van der Waals surface area (Å²) in [6.07, 6.45) is 0.857. The lowest BCUT2D eigenvalue weighted by Crippen LogP contribution is -2.32. The number of nitrogens with zero attached hydrogens (tertiary/aromatic N) is 1. The van der Waals surface area contributed by atoms with Gasteiger partial charge in [0.15, 0.2) is 0 Å². The minimum absolute atomic E-state index is 0.0954. The molecule has 1 amide bonds. The predicted octanol–water partition coefficient (Wildman–Crippen LogP) is 3.53. The summed E-state index contributed by atoms with van der Waals surface area (Å²) in [5, 5.41) is 3.54. The van der Waals surface area contributed by atoms with Crippen molar-refractivity contribution in [2.24, 2.45) is 0 Å². The van der Waals surface area contributed by atoms with Crippen LogP contribution in [0.15, 0.2) is 0 Å². The normalized spacial score (nSPS) is 12.4. The van der Waals surface area contributed by atoms with Gasteiger partial charge in [0.25, 0.3) is 5.91 Å². The van der Waals surface area contributed by atoms with E-state index in [9.17, 15) is 4.79 Å². The molecule has 0 unspecified atom stereocenters. The molecule has 1 rings (SSSR count). The molecule has 0 saturated heterocycles. The minimum Gasteiger partial charge on any atom is -0.349 e. The summed E-state index contributed by atoms with van der Waals surface area (Å²) in [5.74, 6) is -0.226. The van der Waals surface area contributed by atoms with Crippen LogP contribution in [0.1, 0.15) is 41.9 Å². The van der Waals surface area contributed by atoms with Gasteiger partial charge in [-0.1, -0.05) is 30.1 Å². The minimum atomic E-state index is -0.226. The van der Waals surface area contributed by atoms with E-state index in [2.05, 4.69) is 10.3 Å². The molecule has 0 bridgehead atoms. The molecule has 1 aromatic heterocycles. The molecule has 0 fully saturated rings. The Bertz CT molecular complexity index is 447. The van der Waals surface area contributed by atoms with Crippen molar-refractivity contribution in [2.75, 3.05) is 0 Å². The third-order valence-corrected chi connectivity index (χ3v) is 3.54. The first-order chi connectivity index (χ1) is 7.88. The second-order valence-electron chi connectivity index (χ2n) is 4.08. The van der Waals surface area contributed by atoms with E-state index in [1.54, 1.807) is 13.8 Å². The third-order valence-electron chi connectivity index (χ3n) is 2.71. The smallest absolute Gasteiger partial charge is 0.254 e. The second-order valence-corrected chi connectivity index (χ2v) is 4.82. The number of aryl methyl sites for hydroxylation is 1. The summed E-state index contributed by atoms with van der Waals surface area (Å²) in [5.41, 5.74) is 1.67. The Hall–Kier alpha value is -0.800. The number of pyridine rings is 1. The molecule has 0 radical (unpaired) electrons. The van der Waals surface area contributed by atoms with Gasteiger partial charge in [0.1, 0.15) is 5.15 Å². The maximum Gasteiger partial charge on any atom is 0.254 e. The fraction of sp³-hybridized carbons (Fsp3) is 0.500. The molecule has 1 atom stereocenters. The molecule has 0 aliphatic rings. The van der Waals surface area contributed by atoms with Crippen molar-refractivity contribution >= 4 is 29.1 Å². The van der Waals surface area contributed by atoms with E-state index in [1.807, 2.05) is 13.8 Å². The highest BCUT2D eigenvalue weighted by molar-refractivity contribution is 6.35. The zero-order chi connectivity index (χ0) is 13.2. The molecule has 1 N–H and O–H groups in total. The average molecular weight is 275 g/mol. The maximum absolute atomic E-state index is 12.0. The number of rotatable bonds is 3. The Morgan fingerprint density at radius 3 is 2.53 bits per heavy atom. The quantitative estimate of drug-likeness (QED) is 0.857. The van der Waals surface area contributed by atoms with Gasteiger partial charge < -0.3 is 5.32 Å². The largest absolute Gasteiger partial charge is 0.349 e. The van der Waals surface area contributed by atoms with Gasteiger partial charge in [0.2, 0.25) is 0 Å². The predicted molar refractivity (Wildman–Crippen MR) is 71.0 cm³/mol. The van der Waals surface area contributed by atoms with Crippen LogP contribution in [0.25, 0.3) is 0 Å². The molecule has 17 heavy (non-hydrogen) atoms. The van der Waals surface area contributed by atoms with Crippen LogP contribution in [-0.4, -0.2) is 16.9 Å². The van der Waals surface area contributed by atoms with Crippen molar-refractivity contribution < 1.29 is 4.79 Å². The lowest BCUT2D eigenvalue weighted by atomic mass is 10.1. The van der Waals surface area contributed by atoms with Gasteiger partial charge in [-0.2, -0.15) is 0 Å². The molecule has 1 heterocycles. The second kappa shape index (κ2) is 5.69. The van der Waals surface area contributed by atoms with Crippen LogP contribution < -0.4 is 5.32 Å². The standard InChI is InChI=1S/C12H16Cl2N2O/c1-5-6(2)15-12(17)9-7(3)10(13)8(4)16-11(9)14/h6H,5H2,1-4H3,(H,15,17)/t6-/m1/s1. The maximum atomic E-state index is 12.0. The molecule has 0 saturated carbocycles. The van der Waals surface area contributed by atoms with Crippen molar-refractivity contribution in [2.45, 2.75) is 40.2 Å². The first-order valence-corrected chi connectivity index (χ1v) is 6.27. The summed E-state index contributed by atoms with van der Waals surface area (Å²) in [7, 11) is 0. The van der Waals surface area contributed by atoms with Gasteiger partial charge in [-0.25, -0.2) is 4.98 Å². The third kappa shape index (κ3) is 3.11. The fourth-order valence-electron chi connectivity index (χ4n) is 1.45. The molecule has 0 aromatic carbocycles. The molecule has 94 valence electrons. The van der Waals surface area contributed by atoms with Gasteiger partial charge in [0, 0.05) is 6.04 Å². The number of nitrogens with one attached hydrogen (secondary N) is 1. The molecule has 0 aliphatic carbocycles. The zero-order valence-electron chi connectivity index (χ0n) is 10.4. The van der Waals surface area contributed by atoms with Crippen LogP contribution in [0.4, 0.5) is 0 Å². The molecule has 3 nitrogen and oxygen atoms in total. The number of amides is 1. The van der Waals surface area contributed by atoms with Gasteiger partial charge >= 0.3 is 0 Å². The topological polar surface area (TPSA) is 42.0 Å². The molecular formula is C12H16Cl2N2O. The average Bonchev–Trinajstić information content (AvgIpc) is 2.25. The number of halogens is 2. The number of carbonyl (C=O) groups excluding carboxylic acids is 1. The molecule has 0 aliphatic heterocycles. The molecular weight excluding hydrogens is 259 g/mol. The number of hydrogen-bond donors (Lipinski definition) is 1. The van der Waals surface area contributed by atoms with Crippen LogP contribution >= 0.6 is 23.2 Å². The summed E-state index contributed by atoms with van der Waals surface area (Å²) in [6, 6.07) is 0.0954. The highest BCUT2D eigenvalue weighted by atomic mass is 35.5. The summed E-state index contributed by atoms with van der Waals surface area (Å²) in [4.78, 5) is 16.1. The Morgan fingerprint density at radius 2 is 2.00 bits per heavy atom. The van der Waals surface area contributed by atoms with E-state index in [1.165, 1.54) is 0 Å². The van der Waals surface area contributed by atoms with Crippen LogP contribution in [-0.2, 0) is 0 Å². The van der Waals surface area contributed by atoms with Gasteiger partial charge in [-0.05, 0) is 32.8 Å².